The van der Waals surface area contributed by atoms with Gasteiger partial charge in [-0.3, -0.25) is 4.79 Å². The van der Waals surface area contributed by atoms with Gasteiger partial charge in [0.1, 0.15) is 24.7 Å². The van der Waals surface area contributed by atoms with Crippen LogP contribution in [0.15, 0.2) is 46.9 Å². The van der Waals surface area contributed by atoms with Crippen molar-refractivity contribution >= 4 is 22.2 Å². The van der Waals surface area contributed by atoms with Gasteiger partial charge in [0.2, 0.25) is 0 Å². The first-order valence-electron chi connectivity index (χ1n) is 6.26. The molecule has 0 amide bonds. The Kier molecular flexibility index (Phi) is 5.18. The van der Waals surface area contributed by atoms with Gasteiger partial charge >= 0.3 is 0 Å². The second-order valence-corrected chi connectivity index (χ2v) is 5.18. The number of aldehydes is 1. The zero-order chi connectivity index (χ0) is 14.4. The maximum atomic E-state index is 11.0. The number of carbonyl (C=O) groups is 1. The van der Waals surface area contributed by atoms with Gasteiger partial charge < -0.3 is 9.47 Å². The van der Waals surface area contributed by atoms with Gasteiger partial charge in [0, 0.05) is 4.47 Å². The van der Waals surface area contributed by atoms with Crippen LogP contribution in [-0.2, 0) is 0 Å². The fourth-order valence-corrected chi connectivity index (χ4v) is 2.20. The summed E-state index contributed by atoms with van der Waals surface area (Å²) >= 11 is 3.39. The molecule has 0 bridgehead atoms. The summed E-state index contributed by atoms with van der Waals surface area (Å²) in [5.41, 5.74) is 1.50. The predicted molar refractivity (Wildman–Crippen MR) is 81.7 cm³/mol. The number of benzene rings is 2. The Morgan fingerprint density at radius 2 is 1.85 bits per heavy atom. The van der Waals surface area contributed by atoms with Crippen molar-refractivity contribution in [1.29, 1.82) is 0 Å². The average Bonchev–Trinajstić information content (AvgIpc) is 2.45. The van der Waals surface area contributed by atoms with Gasteiger partial charge in [0.15, 0.2) is 6.29 Å². The summed E-state index contributed by atoms with van der Waals surface area (Å²) in [7, 11) is 0. The topological polar surface area (TPSA) is 35.5 Å². The fraction of sp³-hybridized carbons (Fsp3) is 0.188. The van der Waals surface area contributed by atoms with Crippen LogP contribution in [0.25, 0.3) is 0 Å². The Hall–Kier alpha value is -1.81. The van der Waals surface area contributed by atoms with Crippen molar-refractivity contribution in [3.63, 3.8) is 0 Å². The Balaban J connectivity index is 1.89. The standard InChI is InChI=1S/C16H15BrO3/c1-12-4-2-5-13(11-18)16(12)20-9-8-19-15-7-3-6-14(17)10-15/h2-7,10-11H,8-9H2,1H3. The van der Waals surface area contributed by atoms with Gasteiger partial charge in [-0.25, -0.2) is 0 Å². The van der Waals surface area contributed by atoms with Gasteiger partial charge in [-0.05, 0) is 36.8 Å². The Morgan fingerprint density at radius 3 is 2.60 bits per heavy atom. The molecule has 0 aromatic heterocycles. The first-order chi connectivity index (χ1) is 9.70. The van der Waals surface area contributed by atoms with Crippen molar-refractivity contribution in [3.05, 3.63) is 58.1 Å². The molecule has 104 valence electrons. The minimum absolute atomic E-state index is 0.387. The summed E-state index contributed by atoms with van der Waals surface area (Å²) < 4.78 is 12.2. The summed E-state index contributed by atoms with van der Waals surface area (Å²) in [5, 5.41) is 0. The van der Waals surface area contributed by atoms with Crippen LogP contribution in [0.1, 0.15) is 15.9 Å². The number of hydrogen-bond acceptors (Lipinski definition) is 3. The van der Waals surface area contributed by atoms with Gasteiger partial charge in [0.25, 0.3) is 0 Å². The van der Waals surface area contributed by atoms with Crippen molar-refractivity contribution in [2.45, 2.75) is 6.92 Å². The Labute approximate surface area is 126 Å². The largest absolute Gasteiger partial charge is 0.490 e. The van der Waals surface area contributed by atoms with Gasteiger partial charge in [-0.2, -0.15) is 0 Å². The van der Waals surface area contributed by atoms with E-state index in [1.54, 1.807) is 6.07 Å². The molecule has 20 heavy (non-hydrogen) atoms. The smallest absolute Gasteiger partial charge is 0.153 e. The number of aryl methyl sites for hydroxylation is 1. The number of halogens is 1. The van der Waals surface area contributed by atoms with E-state index in [0.29, 0.717) is 24.5 Å². The summed E-state index contributed by atoms with van der Waals surface area (Å²) in [6, 6.07) is 13.1. The lowest BCUT2D eigenvalue weighted by Gasteiger charge is -2.12. The molecular weight excluding hydrogens is 320 g/mol. The number of ether oxygens (including phenoxy) is 2. The first kappa shape index (κ1) is 14.6. The Bertz CT molecular complexity index is 596. The summed E-state index contributed by atoms with van der Waals surface area (Å²) in [4.78, 5) is 11.0. The molecule has 0 aliphatic rings. The minimum atomic E-state index is 0.387. The van der Waals surface area contributed by atoms with Gasteiger partial charge in [-0.15, -0.1) is 0 Å². The molecule has 0 heterocycles. The minimum Gasteiger partial charge on any atom is -0.490 e. The maximum absolute atomic E-state index is 11.0. The highest BCUT2D eigenvalue weighted by Crippen LogP contribution is 2.22. The summed E-state index contributed by atoms with van der Waals surface area (Å²) in [5.74, 6) is 1.41. The van der Waals surface area contributed by atoms with Gasteiger partial charge in [0.05, 0.1) is 5.56 Å². The number of rotatable bonds is 6. The van der Waals surface area contributed by atoms with E-state index in [9.17, 15) is 4.79 Å². The molecule has 0 saturated carbocycles. The monoisotopic (exact) mass is 334 g/mol. The molecule has 0 unspecified atom stereocenters. The van der Waals surface area contributed by atoms with E-state index in [1.807, 2.05) is 43.3 Å². The normalized spacial score (nSPS) is 10.1. The lowest BCUT2D eigenvalue weighted by atomic mass is 10.1. The number of carbonyl (C=O) groups excluding carboxylic acids is 1. The lowest BCUT2D eigenvalue weighted by molar-refractivity contribution is 0.111. The van der Waals surface area contributed by atoms with E-state index in [-0.39, 0.29) is 0 Å². The molecule has 4 heteroatoms. The first-order valence-corrected chi connectivity index (χ1v) is 7.06. The van der Waals surface area contributed by atoms with Crippen LogP contribution in [-0.4, -0.2) is 19.5 Å². The molecule has 0 N–H and O–H groups in total. The molecule has 2 aromatic rings. The second kappa shape index (κ2) is 7.10. The van der Waals surface area contributed by atoms with Crippen LogP contribution < -0.4 is 9.47 Å². The summed E-state index contributed by atoms with van der Waals surface area (Å²) in [6.45, 7) is 2.72. The van der Waals surface area contributed by atoms with Crippen LogP contribution >= 0.6 is 15.9 Å². The highest BCUT2D eigenvalue weighted by Gasteiger charge is 2.06. The molecule has 0 saturated heterocycles. The van der Waals surface area contributed by atoms with Crippen molar-refractivity contribution < 1.29 is 14.3 Å². The third-order valence-electron chi connectivity index (χ3n) is 2.76. The highest BCUT2D eigenvalue weighted by molar-refractivity contribution is 9.10. The Morgan fingerprint density at radius 1 is 1.10 bits per heavy atom. The molecule has 0 radical (unpaired) electrons. The van der Waals surface area contributed by atoms with Crippen molar-refractivity contribution in [2.75, 3.05) is 13.2 Å². The van der Waals surface area contributed by atoms with E-state index in [2.05, 4.69) is 15.9 Å². The van der Waals surface area contributed by atoms with Crippen LogP contribution in [0.5, 0.6) is 11.5 Å². The lowest BCUT2D eigenvalue weighted by Crippen LogP contribution is -2.10. The van der Waals surface area contributed by atoms with Crippen molar-refractivity contribution in [3.8, 4) is 11.5 Å². The van der Waals surface area contributed by atoms with E-state index in [1.165, 1.54) is 0 Å². The van der Waals surface area contributed by atoms with Crippen molar-refractivity contribution in [1.82, 2.24) is 0 Å². The molecule has 0 aliphatic heterocycles. The zero-order valence-electron chi connectivity index (χ0n) is 11.1. The zero-order valence-corrected chi connectivity index (χ0v) is 12.7. The average molecular weight is 335 g/mol. The number of para-hydroxylation sites is 1. The van der Waals surface area contributed by atoms with Crippen LogP contribution in [0.2, 0.25) is 0 Å². The van der Waals surface area contributed by atoms with E-state index >= 15 is 0 Å². The quantitative estimate of drug-likeness (QED) is 0.591. The predicted octanol–water partition coefficient (Wildman–Crippen LogP) is 4.03. The van der Waals surface area contributed by atoms with Crippen LogP contribution in [0, 0.1) is 6.92 Å². The van der Waals surface area contributed by atoms with Crippen LogP contribution in [0.3, 0.4) is 0 Å². The molecular formula is C16H15BrO3. The van der Waals surface area contributed by atoms with Crippen LogP contribution in [0.4, 0.5) is 0 Å². The molecule has 0 aliphatic carbocycles. The fourth-order valence-electron chi connectivity index (χ4n) is 1.83. The van der Waals surface area contributed by atoms with E-state index in [4.69, 9.17) is 9.47 Å². The second-order valence-electron chi connectivity index (χ2n) is 4.27. The third-order valence-corrected chi connectivity index (χ3v) is 3.26. The number of hydrogen-bond donors (Lipinski definition) is 0. The molecule has 3 nitrogen and oxygen atoms in total. The molecule has 2 rings (SSSR count). The van der Waals surface area contributed by atoms with E-state index < -0.39 is 0 Å². The summed E-state index contributed by atoms with van der Waals surface area (Å²) in [6.07, 6.45) is 0.803. The molecule has 0 atom stereocenters. The molecule has 0 fully saturated rings. The van der Waals surface area contributed by atoms with Crippen molar-refractivity contribution in [2.24, 2.45) is 0 Å². The molecule has 0 spiro atoms. The van der Waals surface area contributed by atoms with Gasteiger partial charge in [-0.1, -0.05) is 34.1 Å². The SMILES string of the molecule is Cc1cccc(C=O)c1OCCOc1cccc(Br)c1. The van der Waals surface area contributed by atoms with E-state index in [0.717, 1.165) is 22.1 Å². The maximum Gasteiger partial charge on any atom is 0.153 e. The molecule has 2 aromatic carbocycles. The highest BCUT2D eigenvalue weighted by atomic mass is 79.9. The third kappa shape index (κ3) is 3.84.